The molecular formula is C15H25NO. The summed E-state index contributed by atoms with van der Waals surface area (Å²) >= 11 is 0. The summed E-state index contributed by atoms with van der Waals surface area (Å²) in [5.74, 6) is 0.244. The van der Waals surface area contributed by atoms with Crippen LogP contribution in [-0.4, -0.2) is 17.8 Å². The lowest BCUT2D eigenvalue weighted by atomic mass is 9.84. The Morgan fingerprint density at radius 1 is 1.18 bits per heavy atom. The van der Waals surface area contributed by atoms with E-state index >= 15 is 0 Å². The summed E-state index contributed by atoms with van der Waals surface area (Å²) in [5.41, 5.74) is 8.70. The van der Waals surface area contributed by atoms with Crippen LogP contribution in [-0.2, 0) is 5.41 Å². The summed E-state index contributed by atoms with van der Waals surface area (Å²) in [7, 11) is 0. The molecule has 17 heavy (non-hydrogen) atoms. The molecule has 3 N–H and O–H groups in total. The third kappa shape index (κ3) is 3.83. The van der Waals surface area contributed by atoms with Gasteiger partial charge in [-0.2, -0.15) is 0 Å². The lowest BCUT2D eigenvalue weighted by molar-refractivity contribution is 0.269. The zero-order valence-corrected chi connectivity index (χ0v) is 11.4. The van der Waals surface area contributed by atoms with Gasteiger partial charge in [0, 0.05) is 18.6 Å². The van der Waals surface area contributed by atoms with E-state index in [-0.39, 0.29) is 24.0 Å². The van der Waals surface area contributed by atoms with Gasteiger partial charge < -0.3 is 10.8 Å². The van der Waals surface area contributed by atoms with Crippen molar-refractivity contribution in [3.05, 3.63) is 35.4 Å². The summed E-state index contributed by atoms with van der Waals surface area (Å²) in [5, 5.41) is 9.08. The van der Waals surface area contributed by atoms with Crippen molar-refractivity contribution in [3.63, 3.8) is 0 Å². The van der Waals surface area contributed by atoms with Crippen molar-refractivity contribution in [2.24, 2.45) is 5.73 Å². The number of nitrogens with two attached hydrogens (primary N) is 1. The van der Waals surface area contributed by atoms with Gasteiger partial charge in [-0.25, -0.2) is 0 Å². The monoisotopic (exact) mass is 235 g/mol. The molecule has 2 unspecified atom stereocenters. The van der Waals surface area contributed by atoms with E-state index in [2.05, 4.69) is 45.0 Å². The van der Waals surface area contributed by atoms with E-state index in [4.69, 9.17) is 10.8 Å². The second-order valence-corrected chi connectivity index (χ2v) is 5.85. The fourth-order valence-corrected chi connectivity index (χ4v) is 2.10. The SMILES string of the molecule is CC(N)C(CCO)c1ccc(C(C)(C)C)cc1. The van der Waals surface area contributed by atoms with Crippen LogP contribution < -0.4 is 5.73 Å². The molecule has 0 spiro atoms. The largest absolute Gasteiger partial charge is 0.396 e. The van der Waals surface area contributed by atoms with Crippen LogP contribution in [0.4, 0.5) is 0 Å². The fourth-order valence-electron chi connectivity index (χ4n) is 2.10. The van der Waals surface area contributed by atoms with Crippen molar-refractivity contribution in [3.8, 4) is 0 Å². The molecule has 0 aliphatic carbocycles. The Kier molecular flexibility index (Phi) is 4.72. The molecule has 1 aromatic carbocycles. The molecule has 0 aliphatic heterocycles. The van der Waals surface area contributed by atoms with Crippen molar-refractivity contribution >= 4 is 0 Å². The van der Waals surface area contributed by atoms with E-state index in [1.165, 1.54) is 11.1 Å². The van der Waals surface area contributed by atoms with Crippen molar-refractivity contribution in [1.82, 2.24) is 0 Å². The van der Waals surface area contributed by atoms with Crippen LogP contribution >= 0.6 is 0 Å². The average Bonchev–Trinajstić information content (AvgIpc) is 2.24. The van der Waals surface area contributed by atoms with Crippen LogP contribution in [0.15, 0.2) is 24.3 Å². The van der Waals surface area contributed by atoms with Gasteiger partial charge in [-0.3, -0.25) is 0 Å². The first-order valence-corrected chi connectivity index (χ1v) is 6.33. The highest BCUT2D eigenvalue weighted by molar-refractivity contribution is 5.30. The second kappa shape index (κ2) is 5.65. The number of aliphatic hydroxyl groups is 1. The van der Waals surface area contributed by atoms with Gasteiger partial charge in [-0.05, 0) is 29.9 Å². The normalized spacial score (nSPS) is 15.6. The van der Waals surface area contributed by atoms with Crippen LogP contribution in [0.1, 0.15) is 51.2 Å². The van der Waals surface area contributed by atoms with Crippen LogP contribution in [0.5, 0.6) is 0 Å². The second-order valence-electron chi connectivity index (χ2n) is 5.85. The molecule has 2 heteroatoms. The van der Waals surface area contributed by atoms with Crippen molar-refractivity contribution < 1.29 is 5.11 Å². The van der Waals surface area contributed by atoms with E-state index in [9.17, 15) is 0 Å². The van der Waals surface area contributed by atoms with Gasteiger partial charge in [0.25, 0.3) is 0 Å². The standard InChI is InChI=1S/C15H25NO/c1-11(16)14(9-10-17)12-5-7-13(8-6-12)15(2,3)4/h5-8,11,14,17H,9-10,16H2,1-4H3. The Labute approximate surface area is 105 Å². The van der Waals surface area contributed by atoms with E-state index in [1.54, 1.807) is 0 Å². The highest BCUT2D eigenvalue weighted by Gasteiger charge is 2.17. The van der Waals surface area contributed by atoms with Crippen molar-refractivity contribution in [2.75, 3.05) is 6.61 Å². The third-order valence-electron chi connectivity index (χ3n) is 3.28. The van der Waals surface area contributed by atoms with Gasteiger partial charge >= 0.3 is 0 Å². The van der Waals surface area contributed by atoms with Crippen LogP contribution in [0.25, 0.3) is 0 Å². The predicted octanol–water partition coefficient (Wildman–Crippen LogP) is 2.80. The molecule has 2 atom stereocenters. The van der Waals surface area contributed by atoms with Gasteiger partial charge in [0.15, 0.2) is 0 Å². The number of hydrogen-bond donors (Lipinski definition) is 2. The zero-order chi connectivity index (χ0) is 13.1. The number of aliphatic hydroxyl groups excluding tert-OH is 1. The molecule has 0 saturated carbocycles. The van der Waals surface area contributed by atoms with Gasteiger partial charge in [-0.15, -0.1) is 0 Å². The van der Waals surface area contributed by atoms with E-state index in [0.717, 1.165) is 6.42 Å². The number of hydrogen-bond acceptors (Lipinski definition) is 2. The molecule has 2 nitrogen and oxygen atoms in total. The third-order valence-corrected chi connectivity index (χ3v) is 3.28. The van der Waals surface area contributed by atoms with Crippen molar-refractivity contribution in [2.45, 2.75) is 51.5 Å². The molecule has 0 fully saturated rings. The smallest absolute Gasteiger partial charge is 0.0437 e. The Morgan fingerprint density at radius 2 is 1.71 bits per heavy atom. The van der Waals surface area contributed by atoms with Gasteiger partial charge in [0.05, 0.1) is 0 Å². The van der Waals surface area contributed by atoms with Crippen LogP contribution in [0.3, 0.4) is 0 Å². The predicted molar refractivity (Wildman–Crippen MR) is 73.2 cm³/mol. The minimum atomic E-state index is 0.0719. The highest BCUT2D eigenvalue weighted by atomic mass is 16.3. The molecule has 0 aromatic heterocycles. The van der Waals surface area contributed by atoms with E-state index < -0.39 is 0 Å². The molecule has 96 valence electrons. The molecule has 0 heterocycles. The fraction of sp³-hybridized carbons (Fsp3) is 0.600. The Balaban J connectivity index is 2.92. The zero-order valence-electron chi connectivity index (χ0n) is 11.4. The summed E-state index contributed by atoms with van der Waals surface area (Å²) in [6.45, 7) is 8.81. The summed E-state index contributed by atoms with van der Waals surface area (Å²) in [4.78, 5) is 0. The minimum absolute atomic E-state index is 0.0719. The maximum atomic E-state index is 9.08. The molecular weight excluding hydrogens is 210 g/mol. The average molecular weight is 235 g/mol. The quantitative estimate of drug-likeness (QED) is 0.843. The summed E-state index contributed by atoms with van der Waals surface area (Å²) in [6, 6.07) is 8.70. The van der Waals surface area contributed by atoms with Crippen LogP contribution in [0.2, 0.25) is 0 Å². The molecule has 0 radical (unpaired) electrons. The molecule has 1 aromatic rings. The Bertz CT molecular complexity index is 335. The highest BCUT2D eigenvalue weighted by Crippen LogP contribution is 2.27. The van der Waals surface area contributed by atoms with Gasteiger partial charge in [0.2, 0.25) is 0 Å². The first-order chi connectivity index (χ1) is 7.86. The molecule has 1 rings (SSSR count). The van der Waals surface area contributed by atoms with Crippen molar-refractivity contribution in [1.29, 1.82) is 0 Å². The number of benzene rings is 1. The van der Waals surface area contributed by atoms with E-state index in [1.807, 2.05) is 6.92 Å². The lowest BCUT2D eigenvalue weighted by Crippen LogP contribution is -2.25. The Morgan fingerprint density at radius 3 is 2.06 bits per heavy atom. The van der Waals surface area contributed by atoms with E-state index in [0.29, 0.717) is 0 Å². The first kappa shape index (κ1) is 14.2. The van der Waals surface area contributed by atoms with Gasteiger partial charge in [0.1, 0.15) is 0 Å². The Hall–Kier alpha value is -0.860. The summed E-state index contributed by atoms with van der Waals surface area (Å²) < 4.78 is 0. The first-order valence-electron chi connectivity index (χ1n) is 6.33. The maximum absolute atomic E-state index is 9.08. The topological polar surface area (TPSA) is 46.2 Å². The number of rotatable bonds is 4. The van der Waals surface area contributed by atoms with Crippen LogP contribution in [0, 0.1) is 0 Å². The molecule has 0 amide bonds. The molecule has 0 saturated heterocycles. The molecule has 0 aliphatic rings. The lowest BCUT2D eigenvalue weighted by Gasteiger charge is -2.23. The molecule has 0 bridgehead atoms. The summed E-state index contributed by atoms with van der Waals surface area (Å²) in [6.07, 6.45) is 0.729. The minimum Gasteiger partial charge on any atom is -0.396 e. The van der Waals surface area contributed by atoms with Gasteiger partial charge in [-0.1, -0.05) is 45.0 Å². The maximum Gasteiger partial charge on any atom is 0.0437 e.